The van der Waals surface area contributed by atoms with E-state index in [1.54, 1.807) is 0 Å². The average molecular weight is 281 g/mol. The number of piperidine rings is 1. The number of nitrogens with zero attached hydrogens (tertiary/aromatic N) is 1. The van der Waals surface area contributed by atoms with Gasteiger partial charge in [0.05, 0.1) is 12.6 Å². The Morgan fingerprint density at radius 3 is 2.60 bits per heavy atom. The Balaban J connectivity index is 2.34. The van der Waals surface area contributed by atoms with Gasteiger partial charge in [-0.25, -0.2) is 9.18 Å². The van der Waals surface area contributed by atoms with Crippen molar-refractivity contribution in [2.24, 2.45) is 0 Å². The summed E-state index contributed by atoms with van der Waals surface area (Å²) in [6.07, 6.45) is 1.15. The summed E-state index contributed by atoms with van der Waals surface area (Å²) < 4.78 is 12.9. The predicted molar refractivity (Wildman–Crippen MR) is 68.3 cm³/mol. The molecule has 0 aromatic heterocycles. The van der Waals surface area contributed by atoms with Crippen LogP contribution in [-0.2, 0) is 9.59 Å². The van der Waals surface area contributed by atoms with Crippen molar-refractivity contribution in [3.8, 4) is 0 Å². The highest BCUT2D eigenvalue weighted by molar-refractivity contribution is 5.85. The molecule has 1 fully saturated rings. The average Bonchev–Trinajstić information content (AvgIpc) is 2.43. The van der Waals surface area contributed by atoms with Crippen molar-refractivity contribution < 1.29 is 24.2 Å². The van der Waals surface area contributed by atoms with Gasteiger partial charge >= 0.3 is 5.97 Å². The number of hydrogen-bond acceptors (Lipinski definition) is 3. The lowest BCUT2D eigenvalue weighted by molar-refractivity contribution is -0.156. The number of aliphatic carboxylic acids is 1. The number of aliphatic hydroxyl groups is 1. The fourth-order valence-electron chi connectivity index (χ4n) is 2.56. The highest BCUT2D eigenvalue weighted by atomic mass is 19.1. The third-order valence-corrected chi connectivity index (χ3v) is 3.54. The first kappa shape index (κ1) is 14.5. The van der Waals surface area contributed by atoms with Gasteiger partial charge in [-0.3, -0.25) is 4.79 Å². The Hall–Kier alpha value is -1.95. The van der Waals surface area contributed by atoms with E-state index < -0.39 is 30.5 Å². The Labute approximate surface area is 115 Å². The van der Waals surface area contributed by atoms with E-state index in [0.717, 1.165) is 0 Å². The maximum absolute atomic E-state index is 12.9. The number of halogens is 1. The van der Waals surface area contributed by atoms with Crippen molar-refractivity contribution in [1.29, 1.82) is 0 Å². The maximum atomic E-state index is 12.9. The molecule has 2 unspecified atom stereocenters. The number of carboxylic acids is 1. The molecule has 1 heterocycles. The van der Waals surface area contributed by atoms with Crippen molar-refractivity contribution in [3.63, 3.8) is 0 Å². The smallest absolute Gasteiger partial charge is 0.326 e. The number of benzene rings is 1. The van der Waals surface area contributed by atoms with E-state index in [1.807, 2.05) is 0 Å². The summed E-state index contributed by atoms with van der Waals surface area (Å²) in [4.78, 5) is 24.5. The zero-order valence-electron chi connectivity index (χ0n) is 10.8. The van der Waals surface area contributed by atoms with Gasteiger partial charge in [0, 0.05) is 6.42 Å². The minimum Gasteiger partial charge on any atom is -0.480 e. The van der Waals surface area contributed by atoms with Crippen LogP contribution in [0.5, 0.6) is 0 Å². The molecule has 0 radical (unpaired) electrons. The van der Waals surface area contributed by atoms with E-state index in [9.17, 15) is 24.2 Å². The first-order valence-electron chi connectivity index (χ1n) is 6.45. The molecule has 1 aromatic carbocycles. The molecule has 20 heavy (non-hydrogen) atoms. The van der Waals surface area contributed by atoms with Crippen LogP contribution in [0.15, 0.2) is 24.3 Å². The first-order valence-corrected chi connectivity index (χ1v) is 6.45. The number of carbonyl (C=O) groups excluding carboxylic acids is 1. The second-order valence-electron chi connectivity index (χ2n) is 4.80. The number of carbonyl (C=O) groups is 2. The monoisotopic (exact) mass is 281 g/mol. The highest BCUT2D eigenvalue weighted by Gasteiger charge is 2.38. The van der Waals surface area contributed by atoms with Crippen molar-refractivity contribution in [3.05, 3.63) is 35.6 Å². The van der Waals surface area contributed by atoms with Crippen LogP contribution in [0.4, 0.5) is 4.39 Å². The van der Waals surface area contributed by atoms with Gasteiger partial charge < -0.3 is 15.1 Å². The molecule has 6 heteroatoms. The SMILES string of the molecule is O=C(O)C1CCCC(=O)N1C(CO)c1ccc(F)cc1. The van der Waals surface area contributed by atoms with Crippen LogP contribution in [0, 0.1) is 5.82 Å². The van der Waals surface area contributed by atoms with Crippen molar-refractivity contribution in [2.75, 3.05) is 6.61 Å². The van der Waals surface area contributed by atoms with Gasteiger partial charge in [-0.1, -0.05) is 12.1 Å². The Kier molecular flexibility index (Phi) is 4.34. The molecule has 1 aromatic rings. The van der Waals surface area contributed by atoms with Crippen LogP contribution in [0.1, 0.15) is 30.9 Å². The third-order valence-electron chi connectivity index (χ3n) is 3.54. The summed E-state index contributed by atoms with van der Waals surface area (Å²) in [7, 11) is 0. The van der Waals surface area contributed by atoms with E-state index in [1.165, 1.54) is 29.2 Å². The summed E-state index contributed by atoms with van der Waals surface area (Å²) in [5.41, 5.74) is 0.524. The lowest BCUT2D eigenvalue weighted by Gasteiger charge is -2.38. The minimum atomic E-state index is -1.08. The van der Waals surface area contributed by atoms with Crippen LogP contribution < -0.4 is 0 Å². The number of rotatable bonds is 4. The van der Waals surface area contributed by atoms with Crippen LogP contribution in [-0.4, -0.2) is 39.6 Å². The molecule has 1 saturated heterocycles. The van der Waals surface area contributed by atoms with Gasteiger partial charge in [0.1, 0.15) is 11.9 Å². The molecule has 2 atom stereocenters. The van der Waals surface area contributed by atoms with Crippen molar-refractivity contribution in [1.82, 2.24) is 4.90 Å². The lowest BCUT2D eigenvalue weighted by atomic mass is 9.96. The highest BCUT2D eigenvalue weighted by Crippen LogP contribution is 2.29. The van der Waals surface area contributed by atoms with Gasteiger partial charge in [-0.05, 0) is 30.5 Å². The zero-order chi connectivity index (χ0) is 14.7. The Morgan fingerprint density at radius 1 is 1.40 bits per heavy atom. The van der Waals surface area contributed by atoms with Gasteiger partial charge in [0.2, 0.25) is 5.91 Å². The van der Waals surface area contributed by atoms with Crippen LogP contribution in [0.25, 0.3) is 0 Å². The summed E-state index contributed by atoms with van der Waals surface area (Å²) in [5.74, 6) is -1.81. The Bertz CT molecular complexity index is 502. The number of likely N-dealkylation sites (tertiary alicyclic amines) is 1. The molecule has 1 amide bonds. The Morgan fingerprint density at radius 2 is 2.05 bits per heavy atom. The molecule has 108 valence electrons. The zero-order valence-corrected chi connectivity index (χ0v) is 10.8. The fraction of sp³-hybridized carbons (Fsp3) is 0.429. The van der Waals surface area contributed by atoms with E-state index in [-0.39, 0.29) is 12.3 Å². The van der Waals surface area contributed by atoms with Gasteiger partial charge in [0.15, 0.2) is 0 Å². The molecule has 0 bridgehead atoms. The van der Waals surface area contributed by atoms with E-state index in [4.69, 9.17) is 0 Å². The number of aliphatic hydroxyl groups excluding tert-OH is 1. The molecule has 0 spiro atoms. The first-order chi connectivity index (χ1) is 9.54. The molecule has 2 rings (SSSR count). The van der Waals surface area contributed by atoms with E-state index in [2.05, 4.69) is 0 Å². The third kappa shape index (κ3) is 2.80. The van der Waals surface area contributed by atoms with Gasteiger partial charge in [-0.15, -0.1) is 0 Å². The fourth-order valence-corrected chi connectivity index (χ4v) is 2.56. The van der Waals surface area contributed by atoms with E-state index in [0.29, 0.717) is 18.4 Å². The quantitative estimate of drug-likeness (QED) is 0.872. The minimum absolute atomic E-state index is 0.265. The second kappa shape index (κ2) is 6.00. The molecule has 1 aliphatic rings. The molecule has 5 nitrogen and oxygen atoms in total. The number of amides is 1. The lowest BCUT2D eigenvalue weighted by Crippen LogP contribution is -2.50. The van der Waals surface area contributed by atoms with E-state index >= 15 is 0 Å². The van der Waals surface area contributed by atoms with Crippen molar-refractivity contribution >= 4 is 11.9 Å². The van der Waals surface area contributed by atoms with Crippen molar-refractivity contribution in [2.45, 2.75) is 31.3 Å². The van der Waals surface area contributed by atoms with Crippen LogP contribution in [0.3, 0.4) is 0 Å². The molecule has 2 N–H and O–H groups in total. The van der Waals surface area contributed by atoms with Crippen LogP contribution in [0.2, 0.25) is 0 Å². The summed E-state index contributed by atoms with van der Waals surface area (Å²) >= 11 is 0. The topological polar surface area (TPSA) is 77.8 Å². The summed E-state index contributed by atoms with van der Waals surface area (Å²) in [6, 6.07) is 3.65. The largest absolute Gasteiger partial charge is 0.480 e. The molecule has 0 aliphatic carbocycles. The predicted octanol–water partition coefficient (Wildman–Crippen LogP) is 1.32. The number of carboxylic acid groups (broad SMARTS) is 1. The number of hydrogen-bond donors (Lipinski definition) is 2. The molecule has 0 saturated carbocycles. The standard InChI is InChI=1S/C14H16FNO4/c15-10-6-4-9(5-7-10)12(8-17)16-11(14(19)20)2-1-3-13(16)18/h4-7,11-12,17H,1-3,8H2,(H,19,20). The van der Waals surface area contributed by atoms with Crippen LogP contribution >= 0.6 is 0 Å². The molecule has 1 aliphatic heterocycles. The normalized spacial score (nSPS) is 20.8. The second-order valence-corrected chi connectivity index (χ2v) is 4.80. The molecular formula is C14H16FNO4. The van der Waals surface area contributed by atoms with Gasteiger partial charge in [0.25, 0.3) is 0 Å². The van der Waals surface area contributed by atoms with Gasteiger partial charge in [-0.2, -0.15) is 0 Å². The summed E-state index contributed by atoms with van der Waals surface area (Å²) in [6.45, 7) is -0.402. The maximum Gasteiger partial charge on any atom is 0.326 e. The molecular weight excluding hydrogens is 265 g/mol. The summed E-state index contributed by atoms with van der Waals surface area (Å²) in [5, 5.41) is 18.8.